The standard InChI is InChI=1S/C20H21ClN6O2S2/c1-2-27-19(16-4-3-9-30-16)24-25-20(27)31-12-18(29)23-13-5-6-15(14(21)10-13)26-8-7-22-17(28)11-26/h3-6,9-10H,2,7-8,11-12H2,1H3,(H,22,28)(H,23,29). The van der Waals surface area contributed by atoms with Crippen molar-refractivity contribution in [3.63, 3.8) is 0 Å². The number of nitrogens with zero attached hydrogens (tertiary/aromatic N) is 4. The van der Waals surface area contributed by atoms with Crippen LogP contribution in [0, 0.1) is 0 Å². The number of hydrogen-bond acceptors (Lipinski definition) is 7. The van der Waals surface area contributed by atoms with E-state index in [9.17, 15) is 9.59 Å². The van der Waals surface area contributed by atoms with Crippen LogP contribution in [0.3, 0.4) is 0 Å². The summed E-state index contributed by atoms with van der Waals surface area (Å²) < 4.78 is 2.00. The number of anilines is 2. The number of benzene rings is 1. The highest BCUT2D eigenvalue weighted by atomic mass is 35.5. The van der Waals surface area contributed by atoms with Gasteiger partial charge in [0, 0.05) is 25.3 Å². The van der Waals surface area contributed by atoms with Gasteiger partial charge in [-0.25, -0.2) is 0 Å². The van der Waals surface area contributed by atoms with Crippen LogP contribution in [-0.4, -0.2) is 52.0 Å². The van der Waals surface area contributed by atoms with E-state index in [1.165, 1.54) is 11.8 Å². The normalized spacial score (nSPS) is 13.9. The van der Waals surface area contributed by atoms with Crippen molar-refractivity contribution < 1.29 is 9.59 Å². The molecule has 0 atom stereocenters. The zero-order chi connectivity index (χ0) is 21.8. The number of carbonyl (C=O) groups is 2. The Balaban J connectivity index is 1.37. The fourth-order valence-electron chi connectivity index (χ4n) is 3.28. The lowest BCUT2D eigenvalue weighted by atomic mass is 10.2. The molecular formula is C20H21ClN6O2S2. The first-order valence-corrected chi connectivity index (χ1v) is 12.0. The van der Waals surface area contributed by atoms with Crippen LogP contribution in [-0.2, 0) is 16.1 Å². The second-order valence-electron chi connectivity index (χ2n) is 6.80. The summed E-state index contributed by atoms with van der Waals surface area (Å²) in [6, 6.07) is 9.30. The summed E-state index contributed by atoms with van der Waals surface area (Å²) >= 11 is 9.36. The molecule has 3 heterocycles. The molecule has 1 fully saturated rings. The zero-order valence-electron chi connectivity index (χ0n) is 16.8. The number of thiophene rings is 1. The van der Waals surface area contributed by atoms with Crippen molar-refractivity contribution in [1.29, 1.82) is 0 Å². The maximum atomic E-state index is 12.5. The maximum Gasteiger partial charge on any atom is 0.239 e. The summed E-state index contributed by atoms with van der Waals surface area (Å²) in [6.07, 6.45) is 0. The number of carbonyl (C=O) groups excluding carboxylic acids is 2. The SMILES string of the molecule is CCn1c(SCC(=O)Nc2ccc(N3CCNC(=O)C3)c(Cl)c2)nnc1-c1cccs1. The lowest BCUT2D eigenvalue weighted by Gasteiger charge is -2.29. The van der Waals surface area contributed by atoms with E-state index < -0.39 is 0 Å². The molecule has 8 nitrogen and oxygen atoms in total. The predicted octanol–water partition coefficient (Wildman–Crippen LogP) is 3.35. The van der Waals surface area contributed by atoms with Crippen molar-refractivity contribution in [2.75, 3.05) is 35.6 Å². The molecule has 4 rings (SSSR count). The molecule has 3 aromatic rings. The summed E-state index contributed by atoms with van der Waals surface area (Å²) in [4.78, 5) is 27.0. The summed E-state index contributed by atoms with van der Waals surface area (Å²) in [6.45, 7) is 4.30. The second kappa shape index (κ2) is 9.71. The van der Waals surface area contributed by atoms with Gasteiger partial charge in [-0.2, -0.15) is 0 Å². The number of nitrogens with one attached hydrogen (secondary N) is 2. The molecule has 0 unspecified atom stereocenters. The Morgan fingerprint density at radius 2 is 2.23 bits per heavy atom. The van der Waals surface area contributed by atoms with Crippen molar-refractivity contribution >= 4 is 57.9 Å². The number of hydrogen-bond donors (Lipinski definition) is 2. The number of thioether (sulfide) groups is 1. The molecule has 2 amide bonds. The van der Waals surface area contributed by atoms with Crippen LogP contribution in [0.5, 0.6) is 0 Å². The minimum Gasteiger partial charge on any atom is -0.359 e. The molecule has 1 saturated heterocycles. The van der Waals surface area contributed by atoms with Gasteiger partial charge in [0.05, 0.1) is 27.9 Å². The number of aromatic nitrogens is 3. The molecule has 11 heteroatoms. The molecular weight excluding hydrogens is 456 g/mol. The molecule has 162 valence electrons. The predicted molar refractivity (Wildman–Crippen MR) is 125 cm³/mol. The van der Waals surface area contributed by atoms with E-state index in [4.69, 9.17) is 11.6 Å². The van der Waals surface area contributed by atoms with Gasteiger partial charge in [-0.05, 0) is 36.6 Å². The van der Waals surface area contributed by atoms with Gasteiger partial charge in [-0.15, -0.1) is 21.5 Å². The Kier molecular flexibility index (Phi) is 6.79. The lowest BCUT2D eigenvalue weighted by Crippen LogP contribution is -2.47. The van der Waals surface area contributed by atoms with Crippen LogP contribution in [0.4, 0.5) is 11.4 Å². The average molecular weight is 477 g/mol. The first-order chi connectivity index (χ1) is 15.0. The molecule has 2 aromatic heterocycles. The van der Waals surface area contributed by atoms with E-state index in [1.54, 1.807) is 23.5 Å². The number of amides is 2. The van der Waals surface area contributed by atoms with Crippen LogP contribution >= 0.6 is 34.7 Å². The summed E-state index contributed by atoms with van der Waals surface area (Å²) in [7, 11) is 0. The molecule has 2 N–H and O–H groups in total. The molecule has 0 saturated carbocycles. The molecule has 0 radical (unpaired) electrons. The molecule has 0 aliphatic carbocycles. The highest BCUT2D eigenvalue weighted by molar-refractivity contribution is 7.99. The average Bonchev–Trinajstić information content (AvgIpc) is 3.41. The molecule has 0 spiro atoms. The topological polar surface area (TPSA) is 92.2 Å². The van der Waals surface area contributed by atoms with Crippen molar-refractivity contribution in [2.45, 2.75) is 18.6 Å². The third-order valence-corrected chi connectivity index (χ3v) is 6.85. The van der Waals surface area contributed by atoms with Crippen LogP contribution in [0.2, 0.25) is 5.02 Å². The quantitative estimate of drug-likeness (QED) is 0.508. The summed E-state index contributed by atoms with van der Waals surface area (Å²) in [5.41, 5.74) is 1.39. The maximum absolute atomic E-state index is 12.5. The fraction of sp³-hybridized carbons (Fsp3) is 0.300. The Labute approximate surface area is 193 Å². The van der Waals surface area contributed by atoms with Crippen LogP contribution in [0.1, 0.15) is 6.92 Å². The zero-order valence-corrected chi connectivity index (χ0v) is 19.2. The van der Waals surface area contributed by atoms with E-state index in [0.717, 1.165) is 22.9 Å². The first kappa shape index (κ1) is 21.7. The number of rotatable bonds is 7. The van der Waals surface area contributed by atoms with Gasteiger partial charge in [0.2, 0.25) is 11.8 Å². The third-order valence-electron chi connectivity index (χ3n) is 4.72. The Bertz CT molecular complexity index is 1090. The van der Waals surface area contributed by atoms with Crippen molar-refractivity contribution in [3.05, 3.63) is 40.7 Å². The fourth-order valence-corrected chi connectivity index (χ4v) is 5.10. The van der Waals surface area contributed by atoms with Crippen LogP contribution in [0.15, 0.2) is 40.9 Å². The van der Waals surface area contributed by atoms with E-state index in [-0.39, 0.29) is 24.1 Å². The van der Waals surface area contributed by atoms with Gasteiger partial charge in [0.25, 0.3) is 0 Å². The van der Waals surface area contributed by atoms with Gasteiger partial charge >= 0.3 is 0 Å². The monoisotopic (exact) mass is 476 g/mol. The number of piperazine rings is 1. The summed E-state index contributed by atoms with van der Waals surface area (Å²) in [5.74, 6) is 0.830. The largest absolute Gasteiger partial charge is 0.359 e. The van der Waals surface area contributed by atoms with Gasteiger partial charge in [-0.3, -0.25) is 9.59 Å². The van der Waals surface area contributed by atoms with Crippen LogP contribution < -0.4 is 15.5 Å². The van der Waals surface area contributed by atoms with Crippen LogP contribution in [0.25, 0.3) is 10.7 Å². The van der Waals surface area contributed by atoms with Gasteiger partial charge < -0.3 is 20.1 Å². The van der Waals surface area contributed by atoms with Gasteiger partial charge in [0.1, 0.15) is 0 Å². The highest BCUT2D eigenvalue weighted by Crippen LogP contribution is 2.30. The Hall–Kier alpha value is -2.56. The van der Waals surface area contributed by atoms with E-state index in [2.05, 4.69) is 20.8 Å². The van der Waals surface area contributed by atoms with Crippen molar-refractivity contribution in [3.8, 4) is 10.7 Å². The molecule has 1 aromatic carbocycles. The smallest absolute Gasteiger partial charge is 0.239 e. The summed E-state index contributed by atoms with van der Waals surface area (Å²) in [5, 5.41) is 17.4. The van der Waals surface area contributed by atoms with Crippen molar-refractivity contribution in [2.24, 2.45) is 0 Å². The van der Waals surface area contributed by atoms with Gasteiger partial charge in [0.15, 0.2) is 11.0 Å². The second-order valence-corrected chi connectivity index (χ2v) is 9.10. The van der Waals surface area contributed by atoms with E-state index >= 15 is 0 Å². The minimum absolute atomic E-state index is 0.0288. The molecule has 0 bridgehead atoms. The minimum atomic E-state index is -0.158. The van der Waals surface area contributed by atoms with E-state index in [0.29, 0.717) is 29.0 Å². The highest BCUT2D eigenvalue weighted by Gasteiger charge is 2.19. The lowest BCUT2D eigenvalue weighted by molar-refractivity contribution is -0.120. The first-order valence-electron chi connectivity index (χ1n) is 9.76. The van der Waals surface area contributed by atoms with Gasteiger partial charge in [-0.1, -0.05) is 29.4 Å². The Morgan fingerprint density at radius 1 is 1.35 bits per heavy atom. The molecule has 1 aliphatic heterocycles. The number of halogens is 1. The van der Waals surface area contributed by atoms with Crippen molar-refractivity contribution in [1.82, 2.24) is 20.1 Å². The Morgan fingerprint density at radius 3 is 2.94 bits per heavy atom. The molecule has 1 aliphatic rings. The third kappa shape index (κ3) is 5.03. The molecule has 31 heavy (non-hydrogen) atoms. The van der Waals surface area contributed by atoms with E-state index in [1.807, 2.05) is 40.0 Å².